The summed E-state index contributed by atoms with van der Waals surface area (Å²) in [4.78, 5) is 12.0. The fraction of sp³-hybridized carbons (Fsp3) is 0.333. The molecular weight excluding hydrogens is 374 g/mol. The van der Waals surface area contributed by atoms with Crippen LogP contribution < -0.4 is 5.43 Å². The topological polar surface area (TPSA) is 80.5 Å². The molecule has 1 aromatic heterocycles. The second-order valence-electron chi connectivity index (χ2n) is 6.47. The number of aromatic nitrogens is 1. The van der Waals surface area contributed by atoms with Gasteiger partial charge in [0.25, 0.3) is 0 Å². The number of benzene rings is 1. The van der Waals surface area contributed by atoms with Crippen LogP contribution in [-0.2, 0) is 14.6 Å². The Balaban J connectivity index is 1.72. The third-order valence-corrected chi connectivity index (χ3v) is 6.56. The van der Waals surface area contributed by atoms with Crippen molar-refractivity contribution in [3.63, 3.8) is 0 Å². The zero-order valence-electron chi connectivity index (χ0n) is 14.6. The number of aryl methyl sites for hydroxylation is 1. The second kappa shape index (κ2) is 7.25. The van der Waals surface area contributed by atoms with E-state index < -0.39 is 15.8 Å². The lowest BCUT2D eigenvalue weighted by Crippen LogP contribution is -2.27. The maximum Gasteiger partial charge on any atom is 0.244 e. The first-order chi connectivity index (χ1) is 12.3. The molecule has 8 heteroatoms. The highest BCUT2D eigenvalue weighted by atomic mass is 35.5. The van der Waals surface area contributed by atoms with Gasteiger partial charge in [-0.25, -0.2) is 13.8 Å². The van der Waals surface area contributed by atoms with Crippen LogP contribution in [0, 0.1) is 19.8 Å². The zero-order valence-corrected chi connectivity index (χ0v) is 16.1. The lowest BCUT2D eigenvalue weighted by Gasteiger charge is -2.09. The van der Waals surface area contributed by atoms with Crippen molar-refractivity contribution in [1.29, 1.82) is 0 Å². The SMILES string of the molecule is Cc1cc(/C=N\NC(=O)[C@@H]2CCS(=O)(=O)C2)c(C)n1-c1ccc(Cl)cc1. The minimum Gasteiger partial charge on any atom is -0.318 e. The van der Waals surface area contributed by atoms with Gasteiger partial charge >= 0.3 is 0 Å². The summed E-state index contributed by atoms with van der Waals surface area (Å²) in [6.07, 6.45) is 1.94. The van der Waals surface area contributed by atoms with Crippen molar-refractivity contribution in [3.8, 4) is 5.69 Å². The fourth-order valence-electron chi connectivity index (χ4n) is 3.16. The van der Waals surface area contributed by atoms with Gasteiger partial charge in [-0.05, 0) is 50.6 Å². The summed E-state index contributed by atoms with van der Waals surface area (Å²) in [5, 5.41) is 4.68. The number of nitrogens with zero attached hydrogens (tertiary/aromatic N) is 2. The molecule has 2 aromatic rings. The standard InChI is InChI=1S/C18H20ClN3O3S/c1-12-9-15(13(2)22(12)17-5-3-16(19)4-6-17)10-20-21-18(23)14-7-8-26(24,25)11-14/h3-6,9-10,14H,7-8,11H2,1-2H3,(H,21,23)/b20-10-/t14-/m1/s1. The van der Waals surface area contributed by atoms with Crippen molar-refractivity contribution in [3.05, 3.63) is 52.3 Å². The van der Waals surface area contributed by atoms with E-state index in [1.165, 1.54) is 0 Å². The molecule has 138 valence electrons. The summed E-state index contributed by atoms with van der Waals surface area (Å²) < 4.78 is 25.0. The predicted molar refractivity (Wildman–Crippen MR) is 103 cm³/mol. The number of carbonyl (C=O) groups is 1. The summed E-state index contributed by atoms with van der Waals surface area (Å²) in [7, 11) is -3.09. The Morgan fingerprint density at radius 1 is 1.31 bits per heavy atom. The normalized spacial score (nSPS) is 19.1. The van der Waals surface area contributed by atoms with Crippen molar-refractivity contribution in [2.24, 2.45) is 11.0 Å². The Kier molecular flexibility index (Phi) is 5.20. The molecular formula is C18H20ClN3O3S. The van der Waals surface area contributed by atoms with E-state index in [1.54, 1.807) is 6.21 Å². The fourth-order valence-corrected chi connectivity index (χ4v) is 5.03. The smallest absolute Gasteiger partial charge is 0.244 e. The Labute approximate surface area is 157 Å². The molecule has 2 heterocycles. The van der Waals surface area contributed by atoms with Gasteiger partial charge in [-0.2, -0.15) is 5.10 Å². The van der Waals surface area contributed by atoms with Crippen molar-refractivity contribution in [2.75, 3.05) is 11.5 Å². The molecule has 1 atom stereocenters. The number of rotatable bonds is 4. The molecule has 0 radical (unpaired) electrons. The van der Waals surface area contributed by atoms with E-state index in [2.05, 4.69) is 15.1 Å². The second-order valence-corrected chi connectivity index (χ2v) is 9.14. The monoisotopic (exact) mass is 393 g/mol. The molecule has 3 rings (SSSR count). The first-order valence-corrected chi connectivity index (χ1v) is 10.4. The number of carbonyl (C=O) groups excluding carboxylic acids is 1. The number of amides is 1. The number of sulfone groups is 1. The number of halogens is 1. The van der Waals surface area contributed by atoms with Gasteiger partial charge in [0.1, 0.15) is 0 Å². The molecule has 0 saturated carbocycles. The van der Waals surface area contributed by atoms with Crippen LogP contribution in [0.1, 0.15) is 23.4 Å². The lowest BCUT2D eigenvalue weighted by atomic mass is 10.1. The molecule has 0 bridgehead atoms. The van der Waals surface area contributed by atoms with Crippen LogP contribution in [0.5, 0.6) is 0 Å². The zero-order chi connectivity index (χ0) is 18.9. The lowest BCUT2D eigenvalue weighted by molar-refractivity contribution is -0.124. The maximum atomic E-state index is 12.0. The Bertz CT molecular complexity index is 962. The first kappa shape index (κ1) is 18.7. The van der Waals surface area contributed by atoms with Gasteiger partial charge < -0.3 is 4.57 Å². The average molecular weight is 394 g/mol. The Morgan fingerprint density at radius 3 is 2.62 bits per heavy atom. The van der Waals surface area contributed by atoms with Crippen LogP contribution in [0.4, 0.5) is 0 Å². The van der Waals surface area contributed by atoms with Crippen molar-refractivity contribution >= 4 is 33.6 Å². The predicted octanol–water partition coefficient (Wildman–Crippen LogP) is 2.63. The highest BCUT2D eigenvalue weighted by Crippen LogP contribution is 2.21. The van der Waals surface area contributed by atoms with Crippen LogP contribution in [0.15, 0.2) is 35.4 Å². The van der Waals surface area contributed by atoms with Crippen LogP contribution in [0.3, 0.4) is 0 Å². The summed E-state index contributed by atoms with van der Waals surface area (Å²) >= 11 is 5.95. The Morgan fingerprint density at radius 2 is 2.00 bits per heavy atom. The van der Waals surface area contributed by atoms with E-state index in [4.69, 9.17) is 11.6 Å². The molecule has 26 heavy (non-hydrogen) atoms. The van der Waals surface area contributed by atoms with Gasteiger partial charge in [0.05, 0.1) is 23.6 Å². The Hall–Kier alpha value is -2.12. The minimum atomic E-state index is -3.09. The molecule has 0 unspecified atom stereocenters. The summed E-state index contributed by atoms with van der Waals surface area (Å²) in [5.41, 5.74) is 6.32. The summed E-state index contributed by atoms with van der Waals surface area (Å²) in [6, 6.07) is 9.51. The van der Waals surface area contributed by atoms with E-state index in [0.717, 1.165) is 22.6 Å². The number of hydrogen-bond acceptors (Lipinski definition) is 4. The van der Waals surface area contributed by atoms with E-state index in [-0.39, 0.29) is 17.4 Å². The van der Waals surface area contributed by atoms with Gasteiger partial charge in [-0.1, -0.05) is 11.6 Å². The largest absolute Gasteiger partial charge is 0.318 e. The highest BCUT2D eigenvalue weighted by molar-refractivity contribution is 7.91. The highest BCUT2D eigenvalue weighted by Gasteiger charge is 2.32. The molecule has 1 N–H and O–H groups in total. The van der Waals surface area contributed by atoms with E-state index >= 15 is 0 Å². The van der Waals surface area contributed by atoms with Gasteiger partial charge in [-0.3, -0.25) is 4.79 Å². The van der Waals surface area contributed by atoms with Crippen molar-refractivity contribution in [2.45, 2.75) is 20.3 Å². The molecule has 0 spiro atoms. The van der Waals surface area contributed by atoms with Crippen molar-refractivity contribution in [1.82, 2.24) is 9.99 Å². The van der Waals surface area contributed by atoms with E-state index in [9.17, 15) is 13.2 Å². The molecule has 1 fully saturated rings. The van der Waals surface area contributed by atoms with E-state index in [1.807, 2.05) is 44.2 Å². The molecule has 1 saturated heterocycles. The van der Waals surface area contributed by atoms with E-state index in [0.29, 0.717) is 11.4 Å². The third kappa shape index (κ3) is 3.99. The van der Waals surface area contributed by atoms with Gasteiger partial charge in [0.15, 0.2) is 9.84 Å². The maximum absolute atomic E-state index is 12.0. The van der Waals surface area contributed by atoms with Crippen LogP contribution in [0.2, 0.25) is 5.02 Å². The van der Waals surface area contributed by atoms with Crippen LogP contribution in [-0.4, -0.2) is 36.6 Å². The van der Waals surface area contributed by atoms with Crippen LogP contribution in [0.25, 0.3) is 5.69 Å². The summed E-state index contributed by atoms with van der Waals surface area (Å²) in [5.74, 6) is -0.899. The molecule has 1 aliphatic rings. The average Bonchev–Trinajstić information content (AvgIpc) is 3.08. The quantitative estimate of drug-likeness (QED) is 0.640. The van der Waals surface area contributed by atoms with Gasteiger partial charge in [0, 0.05) is 27.7 Å². The van der Waals surface area contributed by atoms with Gasteiger partial charge in [-0.15, -0.1) is 0 Å². The molecule has 0 aliphatic carbocycles. The van der Waals surface area contributed by atoms with Crippen molar-refractivity contribution < 1.29 is 13.2 Å². The van der Waals surface area contributed by atoms with Gasteiger partial charge in [0.2, 0.25) is 5.91 Å². The first-order valence-electron chi connectivity index (χ1n) is 8.25. The molecule has 1 amide bonds. The molecule has 1 aromatic carbocycles. The molecule has 1 aliphatic heterocycles. The minimum absolute atomic E-state index is 0.0665. The van der Waals surface area contributed by atoms with Crippen LogP contribution >= 0.6 is 11.6 Å². The number of hydrazone groups is 1. The molecule has 6 nitrogen and oxygen atoms in total. The summed E-state index contributed by atoms with van der Waals surface area (Å²) in [6.45, 7) is 3.95. The third-order valence-electron chi connectivity index (χ3n) is 4.54. The number of nitrogens with one attached hydrogen (secondary N) is 1. The number of hydrogen-bond donors (Lipinski definition) is 1.